The van der Waals surface area contributed by atoms with Crippen molar-refractivity contribution < 1.29 is 14.7 Å². The normalized spacial score (nSPS) is 11.2. The molecule has 0 fully saturated rings. The summed E-state index contributed by atoms with van der Waals surface area (Å²) in [7, 11) is 0. The topological polar surface area (TPSA) is 54.4 Å². The molecule has 0 saturated heterocycles. The van der Waals surface area contributed by atoms with Gasteiger partial charge in [0.25, 0.3) is 0 Å². The molecule has 0 aromatic heterocycles. The highest BCUT2D eigenvalue weighted by molar-refractivity contribution is 5.78. The molecule has 0 unspecified atom stereocenters. The van der Waals surface area contributed by atoms with Crippen LogP contribution in [-0.2, 0) is 9.59 Å². The fraction of sp³-hybridized carbons (Fsp3) is 0.931. The monoisotopic (exact) mass is 452 g/mol. The van der Waals surface area contributed by atoms with Crippen LogP contribution in [0.15, 0.2) is 0 Å². The van der Waals surface area contributed by atoms with Crippen molar-refractivity contribution in [2.75, 3.05) is 0 Å². The van der Waals surface area contributed by atoms with Gasteiger partial charge in [0, 0.05) is 19.3 Å². The number of ketones is 1. The minimum absolute atomic E-state index is 0.335. The summed E-state index contributed by atoms with van der Waals surface area (Å²) in [6, 6.07) is 0. The fourth-order valence-corrected chi connectivity index (χ4v) is 4.48. The van der Waals surface area contributed by atoms with Crippen LogP contribution in [0, 0.1) is 0 Å². The number of carbonyl (C=O) groups is 2. The van der Waals surface area contributed by atoms with E-state index < -0.39 is 5.97 Å². The van der Waals surface area contributed by atoms with E-state index in [1.165, 1.54) is 122 Å². The van der Waals surface area contributed by atoms with Crippen molar-refractivity contribution >= 4 is 11.8 Å². The lowest BCUT2D eigenvalue weighted by Gasteiger charge is -2.04. The van der Waals surface area contributed by atoms with Gasteiger partial charge in [0.1, 0.15) is 5.78 Å². The van der Waals surface area contributed by atoms with E-state index in [0.717, 1.165) is 38.5 Å². The van der Waals surface area contributed by atoms with Crippen LogP contribution < -0.4 is 0 Å². The summed E-state index contributed by atoms with van der Waals surface area (Å²) in [6.07, 6.45) is 31.4. The molecule has 0 heterocycles. The molecule has 0 radical (unpaired) electrons. The highest BCUT2D eigenvalue weighted by Crippen LogP contribution is 2.15. The first-order valence-electron chi connectivity index (χ1n) is 14.4. The van der Waals surface area contributed by atoms with Gasteiger partial charge in [-0.25, -0.2) is 0 Å². The van der Waals surface area contributed by atoms with Crippen molar-refractivity contribution in [2.45, 2.75) is 174 Å². The third kappa shape index (κ3) is 27.2. The molecule has 0 aromatic carbocycles. The van der Waals surface area contributed by atoms with E-state index in [1.54, 1.807) is 0 Å². The van der Waals surface area contributed by atoms with Gasteiger partial charge < -0.3 is 5.11 Å². The molecule has 1 N–H and O–H groups in total. The summed E-state index contributed by atoms with van der Waals surface area (Å²) in [6.45, 7) is 2.23. The first-order valence-corrected chi connectivity index (χ1v) is 14.4. The molecule has 0 bridgehead atoms. The van der Waals surface area contributed by atoms with E-state index >= 15 is 0 Å². The second kappa shape index (κ2) is 26.4. The quantitative estimate of drug-likeness (QED) is 0.126. The van der Waals surface area contributed by atoms with Crippen molar-refractivity contribution in [1.29, 1.82) is 0 Å². The molecular weight excluding hydrogens is 396 g/mol. The minimum atomic E-state index is -0.659. The van der Waals surface area contributed by atoms with Gasteiger partial charge in [-0.1, -0.05) is 135 Å². The van der Waals surface area contributed by atoms with Crippen LogP contribution >= 0.6 is 0 Å². The van der Waals surface area contributed by atoms with Crippen molar-refractivity contribution in [3.05, 3.63) is 0 Å². The van der Waals surface area contributed by atoms with Crippen LogP contribution in [0.25, 0.3) is 0 Å². The molecule has 3 nitrogen and oxygen atoms in total. The van der Waals surface area contributed by atoms with Gasteiger partial charge in [-0.05, 0) is 19.3 Å². The maximum absolute atomic E-state index is 11.9. The van der Waals surface area contributed by atoms with E-state index in [-0.39, 0.29) is 0 Å². The molecule has 32 heavy (non-hydrogen) atoms. The van der Waals surface area contributed by atoms with Gasteiger partial charge in [0.15, 0.2) is 0 Å². The highest BCUT2D eigenvalue weighted by Gasteiger charge is 2.02. The Balaban J connectivity index is 3.10. The average Bonchev–Trinajstić information content (AvgIpc) is 2.77. The summed E-state index contributed by atoms with van der Waals surface area (Å²) in [4.78, 5) is 22.3. The molecule has 0 aliphatic carbocycles. The Morgan fingerprint density at radius 1 is 0.406 bits per heavy atom. The van der Waals surface area contributed by atoms with Crippen LogP contribution in [0.2, 0.25) is 0 Å². The van der Waals surface area contributed by atoms with E-state index in [9.17, 15) is 9.59 Å². The van der Waals surface area contributed by atoms with Crippen LogP contribution in [-0.4, -0.2) is 16.9 Å². The molecule has 3 heteroatoms. The van der Waals surface area contributed by atoms with Gasteiger partial charge in [-0.15, -0.1) is 0 Å². The molecule has 190 valence electrons. The summed E-state index contributed by atoms with van der Waals surface area (Å²) < 4.78 is 0. The molecular formula is C29H56O3. The number of aliphatic carboxylic acids is 1. The summed E-state index contributed by atoms with van der Waals surface area (Å²) >= 11 is 0. The minimum Gasteiger partial charge on any atom is -0.481 e. The van der Waals surface area contributed by atoms with E-state index in [1.807, 2.05) is 0 Å². The summed E-state index contributed by atoms with van der Waals surface area (Å²) in [5.74, 6) is -0.164. The zero-order chi connectivity index (χ0) is 23.5. The number of unbranched alkanes of at least 4 members (excludes halogenated alkanes) is 21. The van der Waals surface area contributed by atoms with Crippen LogP contribution in [0.5, 0.6) is 0 Å². The van der Waals surface area contributed by atoms with Crippen molar-refractivity contribution in [1.82, 2.24) is 0 Å². The number of rotatable bonds is 27. The van der Waals surface area contributed by atoms with Gasteiger partial charge >= 0.3 is 5.97 Å². The van der Waals surface area contributed by atoms with Crippen molar-refractivity contribution in [3.8, 4) is 0 Å². The number of carbonyl (C=O) groups excluding carboxylic acids is 1. The number of carboxylic acids is 1. The summed E-state index contributed by atoms with van der Waals surface area (Å²) in [5, 5.41) is 8.60. The maximum Gasteiger partial charge on any atom is 0.303 e. The number of hydrogen-bond donors (Lipinski definition) is 1. The lowest BCUT2D eigenvalue weighted by atomic mass is 10.0. The molecule has 0 spiro atoms. The van der Waals surface area contributed by atoms with Gasteiger partial charge in [0.2, 0.25) is 0 Å². The Morgan fingerprint density at radius 2 is 0.656 bits per heavy atom. The van der Waals surface area contributed by atoms with Crippen LogP contribution in [0.3, 0.4) is 0 Å². The fourth-order valence-electron chi connectivity index (χ4n) is 4.48. The number of carboxylic acid groups (broad SMARTS) is 1. The first kappa shape index (κ1) is 31.1. The lowest BCUT2D eigenvalue weighted by molar-refractivity contribution is -0.137. The smallest absolute Gasteiger partial charge is 0.303 e. The zero-order valence-corrected chi connectivity index (χ0v) is 21.6. The number of Topliss-reactive ketones (excluding diaryl/α,β-unsaturated/α-hetero) is 1. The van der Waals surface area contributed by atoms with Gasteiger partial charge in [-0.2, -0.15) is 0 Å². The highest BCUT2D eigenvalue weighted by atomic mass is 16.4. The Hall–Kier alpha value is -0.860. The molecule has 0 saturated carbocycles. The molecule has 0 aromatic rings. The third-order valence-corrected chi connectivity index (χ3v) is 6.66. The molecule has 0 rings (SSSR count). The summed E-state index contributed by atoms with van der Waals surface area (Å²) in [5.41, 5.74) is 0. The zero-order valence-electron chi connectivity index (χ0n) is 21.6. The maximum atomic E-state index is 11.9. The largest absolute Gasteiger partial charge is 0.481 e. The average molecular weight is 453 g/mol. The van der Waals surface area contributed by atoms with Crippen molar-refractivity contribution in [2.24, 2.45) is 0 Å². The van der Waals surface area contributed by atoms with E-state index in [4.69, 9.17) is 5.11 Å². The predicted molar refractivity (Wildman–Crippen MR) is 138 cm³/mol. The Labute approximate surface area is 200 Å². The molecule has 0 aliphatic rings. The second-order valence-corrected chi connectivity index (χ2v) is 9.96. The predicted octanol–water partition coefficient (Wildman–Crippen LogP) is 9.80. The number of hydrogen-bond acceptors (Lipinski definition) is 2. The van der Waals surface area contributed by atoms with Crippen LogP contribution in [0.4, 0.5) is 0 Å². The first-order chi connectivity index (χ1) is 15.7. The van der Waals surface area contributed by atoms with Crippen molar-refractivity contribution in [3.63, 3.8) is 0 Å². The Kier molecular flexibility index (Phi) is 25.7. The Bertz CT molecular complexity index is 405. The van der Waals surface area contributed by atoms with Gasteiger partial charge in [0.05, 0.1) is 0 Å². The molecule has 0 atom stereocenters. The van der Waals surface area contributed by atoms with E-state index in [0.29, 0.717) is 12.2 Å². The van der Waals surface area contributed by atoms with E-state index in [2.05, 4.69) is 6.92 Å². The lowest BCUT2D eigenvalue weighted by Crippen LogP contribution is -1.97. The third-order valence-electron chi connectivity index (χ3n) is 6.66. The van der Waals surface area contributed by atoms with Gasteiger partial charge in [-0.3, -0.25) is 9.59 Å². The second-order valence-electron chi connectivity index (χ2n) is 9.96. The standard InChI is InChI=1S/C29H56O3/c1-2-3-4-19-22-25-28(30)26-23-20-17-15-13-11-9-7-5-6-8-10-12-14-16-18-21-24-27-29(31)32/h2-27H2,1H3,(H,31,32). The Morgan fingerprint density at radius 3 is 0.938 bits per heavy atom. The molecule has 0 amide bonds. The SMILES string of the molecule is CCCCCCCC(=O)CCCCCCCCCCCCCCCCCCCCC(=O)O. The molecule has 0 aliphatic heterocycles. The van der Waals surface area contributed by atoms with Crippen LogP contribution in [0.1, 0.15) is 174 Å².